The van der Waals surface area contributed by atoms with E-state index in [0.717, 1.165) is 48.1 Å². The van der Waals surface area contributed by atoms with Gasteiger partial charge >= 0.3 is 0 Å². The predicted molar refractivity (Wildman–Crippen MR) is 77.3 cm³/mol. The van der Waals surface area contributed by atoms with Gasteiger partial charge in [-0.1, -0.05) is 25.0 Å². The van der Waals surface area contributed by atoms with Crippen molar-refractivity contribution in [3.8, 4) is 5.75 Å². The molecule has 1 fully saturated rings. The molecule has 106 valence electrons. The summed E-state index contributed by atoms with van der Waals surface area (Å²) in [5, 5.41) is 10.1. The molecule has 0 aliphatic heterocycles. The first-order valence-electron chi connectivity index (χ1n) is 7.26. The molecule has 0 bridgehead atoms. The molecule has 1 aromatic carbocycles. The van der Waals surface area contributed by atoms with Crippen LogP contribution in [0.1, 0.15) is 48.8 Å². The maximum absolute atomic E-state index is 10.1. The topological polar surface area (TPSA) is 55.5 Å². The van der Waals surface area contributed by atoms with Gasteiger partial charge in [-0.3, -0.25) is 0 Å². The Morgan fingerprint density at radius 1 is 1.16 bits per heavy atom. The number of hydrogen-bond donors (Lipinski definition) is 2. The molecule has 0 spiro atoms. The van der Waals surface area contributed by atoms with Crippen molar-refractivity contribution < 1.29 is 9.84 Å². The van der Waals surface area contributed by atoms with Gasteiger partial charge < -0.3 is 15.6 Å². The van der Waals surface area contributed by atoms with Gasteiger partial charge in [-0.05, 0) is 49.8 Å². The van der Waals surface area contributed by atoms with Gasteiger partial charge in [0.15, 0.2) is 0 Å². The van der Waals surface area contributed by atoms with Crippen LogP contribution in [0.4, 0.5) is 0 Å². The Kier molecular flexibility index (Phi) is 4.83. The predicted octanol–water partition coefficient (Wildman–Crippen LogP) is 2.83. The maximum Gasteiger partial charge on any atom is 0.125 e. The van der Waals surface area contributed by atoms with E-state index in [2.05, 4.69) is 12.1 Å². The molecule has 2 rings (SSSR count). The minimum Gasteiger partial charge on any atom is -0.487 e. The van der Waals surface area contributed by atoms with Crippen LogP contribution in [0.2, 0.25) is 0 Å². The molecule has 1 aliphatic rings. The molecule has 3 nitrogen and oxygen atoms in total. The van der Waals surface area contributed by atoms with Crippen molar-refractivity contribution in [3.05, 3.63) is 28.8 Å². The van der Waals surface area contributed by atoms with Crippen LogP contribution < -0.4 is 10.5 Å². The number of benzene rings is 1. The number of aliphatic hydroxyl groups excluding tert-OH is 1. The van der Waals surface area contributed by atoms with Crippen molar-refractivity contribution >= 4 is 0 Å². The first-order valence-corrected chi connectivity index (χ1v) is 7.26. The molecule has 3 N–H and O–H groups in total. The van der Waals surface area contributed by atoms with E-state index in [4.69, 9.17) is 10.5 Å². The normalized spacial score (nSPS) is 24.0. The molecule has 0 aromatic heterocycles. The second-order valence-corrected chi connectivity index (χ2v) is 5.62. The smallest absolute Gasteiger partial charge is 0.125 e. The van der Waals surface area contributed by atoms with Gasteiger partial charge in [0.2, 0.25) is 0 Å². The molecule has 2 atom stereocenters. The zero-order valence-corrected chi connectivity index (χ0v) is 12.0. The van der Waals surface area contributed by atoms with Crippen LogP contribution in [0.5, 0.6) is 5.75 Å². The number of ether oxygens (including phenoxy) is 1. The molecule has 1 saturated carbocycles. The summed E-state index contributed by atoms with van der Waals surface area (Å²) in [6.45, 7) is 4.64. The number of aryl methyl sites for hydroxylation is 2. The van der Waals surface area contributed by atoms with Crippen LogP contribution >= 0.6 is 0 Å². The maximum atomic E-state index is 10.1. The van der Waals surface area contributed by atoms with Crippen LogP contribution in [0.25, 0.3) is 0 Å². The quantitative estimate of drug-likeness (QED) is 0.824. The van der Waals surface area contributed by atoms with Gasteiger partial charge in [-0.15, -0.1) is 0 Å². The summed E-state index contributed by atoms with van der Waals surface area (Å²) in [7, 11) is 0. The van der Waals surface area contributed by atoms with Crippen molar-refractivity contribution in [3.63, 3.8) is 0 Å². The number of hydrogen-bond acceptors (Lipinski definition) is 3. The fourth-order valence-corrected chi connectivity index (χ4v) is 2.89. The van der Waals surface area contributed by atoms with E-state index in [0.29, 0.717) is 6.54 Å². The molecular weight excluding hydrogens is 238 g/mol. The zero-order chi connectivity index (χ0) is 13.8. The van der Waals surface area contributed by atoms with E-state index in [9.17, 15) is 5.11 Å². The van der Waals surface area contributed by atoms with Crippen molar-refractivity contribution in [2.24, 2.45) is 5.73 Å². The molecule has 1 aromatic rings. The highest BCUT2D eigenvalue weighted by molar-refractivity contribution is 5.43. The van der Waals surface area contributed by atoms with Crippen LogP contribution in [-0.4, -0.2) is 17.3 Å². The fraction of sp³-hybridized carbons (Fsp3) is 0.625. The van der Waals surface area contributed by atoms with Crippen LogP contribution in [0.3, 0.4) is 0 Å². The number of aliphatic hydroxyl groups is 1. The van der Waals surface area contributed by atoms with Crippen LogP contribution in [-0.2, 0) is 6.54 Å². The standard InChI is InChI=1S/C16H25NO2/c1-11-8-13(10-17)9-12(2)16(11)19-15-7-5-3-4-6-14(15)18/h8-9,14-15,18H,3-7,10,17H2,1-2H3. The van der Waals surface area contributed by atoms with E-state index in [1.165, 1.54) is 6.42 Å². The van der Waals surface area contributed by atoms with Crippen molar-refractivity contribution in [2.45, 2.75) is 64.7 Å². The Morgan fingerprint density at radius 3 is 2.42 bits per heavy atom. The Bertz CT molecular complexity index is 408. The molecule has 0 amide bonds. The lowest BCUT2D eigenvalue weighted by Crippen LogP contribution is -2.31. The van der Waals surface area contributed by atoms with E-state index >= 15 is 0 Å². The first-order chi connectivity index (χ1) is 9.11. The van der Waals surface area contributed by atoms with Crippen LogP contribution in [0.15, 0.2) is 12.1 Å². The summed E-state index contributed by atoms with van der Waals surface area (Å²) < 4.78 is 6.12. The molecule has 2 unspecified atom stereocenters. The highest BCUT2D eigenvalue weighted by Crippen LogP contribution is 2.29. The average Bonchev–Trinajstić information content (AvgIpc) is 2.58. The molecule has 0 radical (unpaired) electrons. The van der Waals surface area contributed by atoms with E-state index in [1.807, 2.05) is 13.8 Å². The molecule has 1 aliphatic carbocycles. The van der Waals surface area contributed by atoms with Gasteiger partial charge in [0.1, 0.15) is 11.9 Å². The second-order valence-electron chi connectivity index (χ2n) is 5.62. The SMILES string of the molecule is Cc1cc(CN)cc(C)c1OC1CCCCCC1O. The van der Waals surface area contributed by atoms with E-state index < -0.39 is 0 Å². The van der Waals surface area contributed by atoms with E-state index in [1.54, 1.807) is 0 Å². The third-order valence-electron chi connectivity index (χ3n) is 3.94. The highest BCUT2D eigenvalue weighted by atomic mass is 16.5. The molecule has 0 heterocycles. The minimum atomic E-state index is -0.338. The largest absolute Gasteiger partial charge is 0.487 e. The van der Waals surface area contributed by atoms with Gasteiger partial charge in [0.05, 0.1) is 6.10 Å². The number of nitrogens with two attached hydrogens (primary N) is 1. The second kappa shape index (κ2) is 6.40. The summed E-state index contributed by atoms with van der Waals surface area (Å²) in [5.41, 5.74) is 9.03. The number of rotatable bonds is 3. The lowest BCUT2D eigenvalue weighted by atomic mass is 10.0. The fourth-order valence-electron chi connectivity index (χ4n) is 2.89. The Balaban J connectivity index is 2.17. The zero-order valence-electron chi connectivity index (χ0n) is 12.0. The summed E-state index contributed by atoms with van der Waals surface area (Å²) >= 11 is 0. The summed E-state index contributed by atoms with van der Waals surface area (Å²) in [5.74, 6) is 0.920. The average molecular weight is 263 g/mol. The Labute approximate surface area is 115 Å². The van der Waals surface area contributed by atoms with Gasteiger partial charge in [0.25, 0.3) is 0 Å². The highest BCUT2D eigenvalue weighted by Gasteiger charge is 2.24. The first kappa shape index (κ1) is 14.4. The molecule has 0 saturated heterocycles. The Morgan fingerprint density at radius 2 is 1.79 bits per heavy atom. The van der Waals surface area contributed by atoms with Crippen molar-refractivity contribution in [1.82, 2.24) is 0 Å². The molecule has 3 heteroatoms. The Hall–Kier alpha value is -1.06. The van der Waals surface area contributed by atoms with Gasteiger partial charge in [0, 0.05) is 6.54 Å². The van der Waals surface area contributed by atoms with Gasteiger partial charge in [-0.25, -0.2) is 0 Å². The van der Waals surface area contributed by atoms with Crippen LogP contribution in [0, 0.1) is 13.8 Å². The molecular formula is C16H25NO2. The van der Waals surface area contributed by atoms with Crippen molar-refractivity contribution in [1.29, 1.82) is 0 Å². The molecule has 19 heavy (non-hydrogen) atoms. The van der Waals surface area contributed by atoms with E-state index in [-0.39, 0.29) is 12.2 Å². The monoisotopic (exact) mass is 263 g/mol. The lowest BCUT2D eigenvalue weighted by molar-refractivity contribution is 0.0312. The summed E-state index contributed by atoms with van der Waals surface area (Å²) in [6, 6.07) is 4.15. The third-order valence-corrected chi connectivity index (χ3v) is 3.94. The third kappa shape index (κ3) is 3.48. The summed E-state index contributed by atoms with van der Waals surface area (Å²) in [4.78, 5) is 0. The summed E-state index contributed by atoms with van der Waals surface area (Å²) in [6.07, 6.45) is 4.83. The van der Waals surface area contributed by atoms with Gasteiger partial charge in [-0.2, -0.15) is 0 Å². The van der Waals surface area contributed by atoms with Crippen molar-refractivity contribution in [2.75, 3.05) is 0 Å². The minimum absolute atomic E-state index is 0.0661. The lowest BCUT2D eigenvalue weighted by Gasteiger charge is -2.24.